The van der Waals surface area contributed by atoms with Crippen molar-refractivity contribution in [3.05, 3.63) is 24.2 Å². The van der Waals surface area contributed by atoms with Gasteiger partial charge in [-0.1, -0.05) is 0 Å². The first-order valence-electron chi connectivity index (χ1n) is 5.90. The van der Waals surface area contributed by atoms with Crippen LogP contribution in [-0.4, -0.2) is 49.7 Å². The lowest BCUT2D eigenvalue weighted by Crippen LogP contribution is -2.45. The monoisotopic (exact) mass is 238 g/mol. The van der Waals surface area contributed by atoms with E-state index >= 15 is 0 Å². The van der Waals surface area contributed by atoms with Crippen molar-refractivity contribution in [2.75, 3.05) is 32.8 Å². The molecule has 1 fully saturated rings. The lowest BCUT2D eigenvalue weighted by Gasteiger charge is -2.29. The van der Waals surface area contributed by atoms with E-state index in [1.54, 1.807) is 12.1 Å². The first-order chi connectivity index (χ1) is 8.25. The van der Waals surface area contributed by atoms with Gasteiger partial charge in [-0.25, -0.2) is 0 Å². The lowest BCUT2D eigenvalue weighted by molar-refractivity contribution is 0.0341. The van der Waals surface area contributed by atoms with Gasteiger partial charge in [0.25, 0.3) is 5.91 Å². The number of nitrogens with one attached hydrogen (secondary N) is 1. The number of ether oxygens (including phenoxy) is 1. The fourth-order valence-corrected chi connectivity index (χ4v) is 1.92. The molecule has 1 N–H and O–H groups in total. The van der Waals surface area contributed by atoms with Crippen LogP contribution in [0.3, 0.4) is 0 Å². The molecule has 1 atom stereocenters. The molecule has 1 aliphatic rings. The van der Waals surface area contributed by atoms with Crippen molar-refractivity contribution >= 4 is 5.91 Å². The fourth-order valence-electron chi connectivity index (χ4n) is 1.92. The third-order valence-electron chi connectivity index (χ3n) is 2.76. The normalized spacial score (nSPS) is 18.9. The Balaban J connectivity index is 1.76. The second kappa shape index (κ2) is 5.84. The number of hydrogen-bond donors (Lipinski definition) is 1. The van der Waals surface area contributed by atoms with Crippen molar-refractivity contribution in [3.63, 3.8) is 0 Å². The van der Waals surface area contributed by atoms with Crippen LogP contribution in [0, 0.1) is 0 Å². The van der Waals surface area contributed by atoms with E-state index in [0.29, 0.717) is 5.76 Å². The predicted octanol–water partition coefficient (Wildman–Crippen LogP) is 0.730. The summed E-state index contributed by atoms with van der Waals surface area (Å²) < 4.78 is 10.3. The Morgan fingerprint density at radius 1 is 1.53 bits per heavy atom. The second-order valence-corrected chi connectivity index (χ2v) is 4.26. The van der Waals surface area contributed by atoms with E-state index in [0.717, 1.165) is 32.8 Å². The Labute approximate surface area is 101 Å². The zero-order valence-corrected chi connectivity index (χ0v) is 10.0. The van der Waals surface area contributed by atoms with Gasteiger partial charge in [-0.3, -0.25) is 9.69 Å². The standard InChI is InChI=1S/C12H18N2O3/c1-10(9-14-4-7-16-8-5-14)13-12(15)11-3-2-6-17-11/h2-3,6,10H,4-5,7-9H2,1H3,(H,13,15). The van der Waals surface area contributed by atoms with Crippen molar-refractivity contribution < 1.29 is 13.9 Å². The highest BCUT2D eigenvalue weighted by atomic mass is 16.5. The lowest BCUT2D eigenvalue weighted by atomic mass is 10.2. The molecule has 1 unspecified atom stereocenters. The smallest absolute Gasteiger partial charge is 0.287 e. The van der Waals surface area contributed by atoms with E-state index in [9.17, 15) is 4.79 Å². The van der Waals surface area contributed by atoms with Crippen molar-refractivity contribution in [1.29, 1.82) is 0 Å². The summed E-state index contributed by atoms with van der Waals surface area (Å²) in [5.41, 5.74) is 0. The first kappa shape index (κ1) is 12.1. The fraction of sp³-hybridized carbons (Fsp3) is 0.583. The predicted molar refractivity (Wildman–Crippen MR) is 62.9 cm³/mol. The number of carbonyl (C=O) groups excluding carboxylic acids is 1. The van der Waals surface area contributed by atoms with Gasteiger partial charge in [0.15, 0.2) is 5.76 Å². The van der Waals surface area contributed by atoms with E-state index in [-0.39, 0.29) is 11.9 Å². The number of hydrogen-bond acceptors (Lipinski definition) is 4. The van der Waals surface area contributed by atoms with Crippen molar-refractivity contribution in [3.8, 4) is 0 Å². The van der Waals surface area contributed by atoms with Gasteiger partial charge >= 0.3 is 0 Å². The van der Waals surface area contributed by atoms with E-state index < -0.39 is 0 Å². The minimum absolute atomic E-state index is 0.102. The largest absolute Gasteiger partial charge is 0.459 e. The van der Waals surface area contributed by atoms with Gasteiger partial charge in [-0.15, -0.1) is 0 Å². The van der Waals surface area contributed by atoms with Crippen LogP contribution < -0.4 is 5.32 Å². The van der Waals surface area contributed by atoms with Crippen LogP contribution in [-0.2, 0) is 4.74 Å². The highest BCUT2D eigenvalue weighted by Crippen LogP contribution is 2.02. The van der Waals surface area contributed by atoms with Crippen molar-refractivity contribution in [2.24, 2.45) is 0 Å². The Morgan fingerprint density at radius 3 is 2.94 bits per heavy atom. The van der Waals surface area contributed by atoms with Gasteiger partial charge < -0.3 is 14.5 Å². The number of furan rings is 1. The molecule has 2 rings (SSSR count). The second-order valence-electron chi connectivity index (χ2n) is 4.26. The molecule has 0 aliphatic carbocycles. The maximum absolute atomic E-state index is 11.7. The molecule has 94 valence electrons. The zero-order chi connectivity index (χ0) is 12.1. The van der Waals surface area contributed by atoms with Crippen LogP contribution in [0.5, 0.6) is 0 Å². The van der Waals surface area contributed by atoms with Crippen molar-refractivity contribution in [2.45, 2.75) is 13.0 Å². The summed E-state index contributed by atoms with van der Waals surface area (Å²) in [6.45, 7) is 6.26. The molecule has 1 aromatic heterocycles. The Bertz CT molecular complexity index is 345. The molecule has 0 spiro atoms. The van der Waals surface area contributed by atoms with Crippen LogP contribution in [0.1, 0.15) is 17.5 Å². The van der Waals surface area contributed by atoms with E-state index in [1.165, 1.54) is 6.26 Å². The molecule has 1 amide bonds. The minimum atomic E-state index is -0.157. The Morgan fingerprint density at radius 2 is 2.29 bits per heavy atom. The molecule has 17 heavy (non-hydrogen) atoms. The summed E-state index contributed by atoms with van der Waals surface area (Å²) in [7, 11) is 0. The number of amides is 1. The molecule has 1 saturated heterocycles. The van der Waals surface area contributed by atoms with Crippen LogP contribution in [0.2, 0.25) is 0 Å². The SMILES string of the molecule is CC(CN1CCOCC1)NC(=O)c1ccco1. The van der Waals surface area contributed by atoms with Crippen LogP contribution >= 0.6 is 0 Å². The number of carbonyl (C=O) groups is 1. The Kier molecular flexibility index (Phi) is 4.17. The number of nitrogens with zero attached hydrogens (tertiary/aromatic N) is 1. The van der Waals surface area contributed by atoms with Gasteiger partial charge in [0.05, 0.1) is 19.5 Å². The molecule has 0 saturated carbocycles. The van der Waals surface area contributed by atoms with Crippen molar-refractivity contribution in [1.82, 2.24) is 10.2 Å². The summed E-state index contributed by atoms with van der Waals surface area (Å²) in [5.74, 6) is 0.203. The van der Waals surface area contributed by atoms with Crippen LogP contribution in [0.4, 0.5) is 0 Å². The maximum Gasteiger partial charge on any atom is 0.287 e. The van der Waals surface area contributed by atoms with E-state index in [2.05, 4.69) is 10.2 Å². The third kappa shape index (κ3) is 3.57. The van der Waals surface area contributed by atoms with Gasteiger partial charge in [0.1, 0.15) is 0 Å². The topological polar surface area (TPSA) is 54.7 Å². The summed E-state index contributed by atoms with van der Waals surface area (Å²) in [4.78, 5) is 14.0. The number of morpholine rings is 1. The minimum Gasteiger partial charge on any atom is -0.459 e. The van der Waals surface area contributed by atoms with E-state index in [4.69, 9.17) is 9.15 Å². The average molecular weight is 238 g/mol. The maximum atomic E-state index is 11.7. The molecule has 1 aliphatic heterocycles. The zero-order valence-electron chi connectivity index (χ0n) is 10.0. The highest BCUT2D eigenvalue weighted by Gasteiger charge is 2.16. The Hall–Kier alpha value is -1.33. The molecule has 5 heteroatoms. The summed E-state index contributed by atoms with van der Waals surface area (Å²) in [6, 6.07) is 3.48. The molecular weight excluding hydrogens is 220 g/mol. The van der Waals surface area contributed by atoms with Gasteiger partial charge in [-0.05, 0) is 19.1 Å². The highest BCUT2D eigenvalue weighted by molar-refractivity contribution is 5.91. The molecule has 0 radical (unpaired) electrons. The van der Waals surface area contributed by atoms with Gasteiger partial charge in [0, 0.05) is 25.7 Å². The molecule has 2 heterocycles. The number of rotatable bonds is 4. The molecule has 0 bridgehead atoms. The molecule has 0 aromatic carbocycles. The average Bonchev–Trinajstić information content (AvgIpc) is 2.83. The van der Waals surface area contributed by atoms with E-state index in [1.807, 2.05) is 6.92 Å². The molecular formula is C12H18N2O3. The van der Waals surface area contributed by atoms with Gasteiger partial charge in [-0.2, -0.15) is 0 Å². The van der Waals surface area contributed by atoms with Gasteiger partial charge in [0.2, 0.25) is 0 Å². The quantitative estimate of drug-likeness (QED) is 0.840. The molecule has 1 aromatic rings. The summed E-state index contributed by atoms with van der Waals surface area (Å²) in [5, 5.41) is 2.91. The third-order valence-corrected chi connectivity index (χ3v) is 2.76. The summed E-state index contributed by atoms with van der Waals surface area (Å²) in [6.07, 6.45) is 1.50. The van der Waals surface area contributed by atoms with Crippen LogP contribution in [0.25, 0.3) is 0 Å². The first-order valence-corrected chi connectivity index (χ1v) is 5.90. The van der Waals surface area contributed by atoms with Crippen LogP contribution in [0.15, 0.2) is 22.8 Å². The molecule has 5 nitrogen and oxygen atoms in total. The summed E-state index contributed by atoms with van der Waals surface area (Å²) >= 11 is 0.